The number of hydrogen-bond acceptors (Lipinski definition) is 4. The zero-order valence-corrected chi connectivity index (χ0v) is 17.7. The van der Waals surface area contributed by atoms with Crippen molar-refractivity contribution in [3.8, 4) is 0 Å². The number of carbonyl (C=O) groups excluding carboxylic acids is 1. The fraction of sp³-hybridized carbons (Fsp3) is 0.304. The molecule has 1 aromatic heterocycles. The first-order valence-electron chi connectivity index (χ1n) is 9.65. The minimum Gasteiger partial charge on any atom is -0.267 e. The van der Waals surface area contributed by atoms with Crippen molar-refractivity contribution in [3.63, 3.8) is 0 Å². The average molecular weight is 390 g/mol. The van der Waals surface area contributed by atoms with Crippen molar-refractivity contribution in [1.29, 1.82) is 0 Å². The summed E-state index contributed by atoms with van der Waals surface area (Å²) in [7, 11) is 0. The van der Waals surface area contributed by atoms with Crippen LogP contribution in [-0.4, -0.2) is 21.4 Å². The number of benzene rings is 2. The summed E-state index contributed by atoms with van der Waals surface area (Å²) in [5, 5.41) is 9.59. The Kier molecular flexibility index (Phi) is 5.64. The molecule has 29 heavy (non-hydrogen) atoms. The number of nitrogens with one attached hydrogen (secondary N) is 1. The van der Waals surface area contributed by atoms with Gasteiger partial charge in [0.25, 0.3) is 11.5 Å². The van der Waals surface area contributed by atoms with Crippen LogP contribution in [0.1, 0.15) is 59.6 Å². The molecule has 0 radical (unpaired) electrons. The number of aryl methyl sites for hydroxylation is 3. The number of amides is 1. The number of rotatable bonds is 4. The first-order chi connectivity index (χ1) is 13.7. The van der Waals surface area contributed by atoms with E-state index in [1.807, 2.05) is 27.7 Å². The molecule has 0 fully saturated rings. The summed E-state index contributed by atoms with van der Waals surface area (Å²) in [6.45, 7) is 11.7. The van der Waals surface area contributed by atoms with Crippen LogP contribution in [0.3, 0.4) is 0 Å². The molecule has 6 nitrogen and oxygen atoms in total. The van der Waals surface area contributed by atoms with Gasteiger partial charge in [-0.1, -0.05) is 24.3 Å². The zero-order chi connectivity index (χ0) is 21.3. The zero-order valence-electron chi connectivity index (χ0n) is 17.7. The van der Waals surface area contributed by atoms with Crippen molar-refractivity contribution in [2.24, 2.45) is 5.10 Å². The van der Waals surface area contributed by atoms with E-state index < -0.39 is 5.91 Å². The van der Waals surface area contributed by atoms with Gasteiger partial charge in [0.2, 0.25) is 0 Å². The molecule has 150 valence electrons. The van der Waals surface area contributed by atoms with E-state index >= 15 is 0 Å². The maximum absolute atomic E-state index is 12.9. The highest BCUT2D eigenvalue weighted by molar-refractivity contribution is 6.06. The molecule has 3 rings (SSSR count). The van der Waals surface area contributed by atoms with Gasteiger partial charge in [-0.25, -0.2) is 10.1 Å². The lowest BCUT2D eigenvalue weighted by Crippen LogP contribution is -2.30. The van der Waals surface area contributed by atoms with E-state index in [0.29, 0.717) is 16.5 Å². The monoisotopic (exact) mass is 390 g/mol. The second-order valence-electron chi connectivity index (χ2n) is 7.63. The summed E-state index contributed by atoms with van der Waals surface area (Å²) in [5.41, 5.74) is 7.76. The van der Waals surface area contributed by atoms with Crippen molar-refractivity contribution in [2.45, 2.75) is 47.6 Å². The summed E-state index contributed by atoms with van der Waals surface area (Å²) < 4.78 is 1.33. The van der Waals surface area contributed by atoms with E-state index in [9.17, 15) is 9.59 Å². The molecule has 1 heterocycles. The third kappa shape index (κ3) is 3.97. The van der Waals surface area contributed by atoms with E-state index in [1.165, 1.54) is 15.8 Å². The number of hydrazone groups is 1. The minimum absolute atomic E-state index is 0.165. The number of carbonyl (C=O) groups is 1. The average Bonchev–Trinajstić information content (AvgIpc) is 2.68. The van der Waals surface area contributed by atoms with Crippen molar-refractivity contribution in [3.05, 3.63) is 74.7 Å². The molecule has 0 aliphatic rings. The largest absolute Gasteiger partial charge is 0.292 e. The highest BCUT2D eigenvalue weighted by Crippen LogP contribution is 2.17. The van der Waals surface area contributed by atoms with Crippen LogP contribution in [0.15, 0.2) is 46.3 Å². The summed E-state index contributed by atoms with van der Waals surface area (Å²) in [6.07, 6.45) is 0. The molecule has 0 saturated carbocycles. The highest BCUT2D eigenvalue weighted by Gasteiger charge is 2.17. The normalized spacial score (nSPS) is 11.9. The first-order valence-corrected chi connectivity index (χ1v) is 9.65. The summed E-state index contributed by atoms with van der Waals surface area (Å²) in [5.74, 6) is -0.448. The van der Waals surface area contributed by atoms with Crippen LogP contribution in [0.25, 0.3) is 10.8 Å². The molecule has 0 spiro atoms. The van der Waals surface area contributed by atoms with E-state index in [4.69, 9.17) is 0 Å². The standard InChI is InChI=1S/C23H26N4O2/c1-13(2)27-23(29)19-10-8-7-9-18(19)21(26-27)22(28)25-24-17(6)20-12-15(4)14(3)11-16(20)5/h7-13H,1-6H3,(H,25,28)/b24-17-. The summed E-state index contributed by atoms with van der Waals surface area (Å²) in [4.78, 5) is 25.5. The summed E-state index contributed by atoms with van der Waals surface area (Å²) in [6, 6.07) is 11.0. The van der Waals surface area contributed by atoms with Crippen LogP contribution in [0, 0.1) is 20.8 Å². The van der Waals surface area contributed by atoms with Crippen LogP contribution in [0.4, 0.5) is 0 Å². The molecule has 3 aromatic rings. The van der Waals surface area contributed by atoms with Crippen molar-refractivity contribution >= 4 is 22.4 Å². The van der Waals surface area contributed by atoms with E-state index in [-0.39, 0.29) is 17.3 Å². The number of fused-ring (bicyclic) bond motifs is 1. The molecule has 0 saturated heterocycles. The predicted molar refractivity (Wildman–Crippen MR) is 117 cm³/mol. The topological polar surface area (TPSA) is 76.3 Å². The smallest absolute Gasteiger partial charge is 0.267 e. The Morgan fingerprint density at radius 1 is 1.03 bits per heavy atom. The van der Waals surface area contributed by atoms with Gasteiger partial charge in [0.1, 0.15) is 0 Å². The lowest BCUT2D eigenvalue weighted by Gasteiger charge is -2.13. The van der Waals surface area contributed by atoms with Gasteiger partial charge in [0, 0.05) is 10.9 Å². The van der Waals surface area contributed by atoms with Gasteiger partial charge in [0.05, 0.1) is 17.1 Å². The van der Waals surface area contributed by atoms with Crippen LogP contribution in [0.2, 0.25) is 0 Å². The molecule has 1 N–H and O–H groups in total. The number of nitrogens with zero attached hydrogens (tertiary/aromatic N) is 3. The van der Waals surface area contributed by atoms with Gasteiger partial charge in [-0.3, -0.25) is 9.59 Å². The first kappa shape index (κ1) is 20.5. The quantitative estimate of drug-likeness (QED) is 0.539. The van der Waals surface area contributed by atoms with E-state index in [1.54, 1.807) is 24.3 Å². The molecular weight excluding hydrogens is 364 g/mol. The molecule has 0 atom stereocenters. The highest BCUT2D eigenvalue weighted by atomic mass is 16.2. The Balaban J connectivity index is 2.00. The molecule has 0 bridgehead atoms. The minimum atomic E-state index is -0.448. The van der Waals surface area contributed by atoms with Crippen LogP contribution < -0.4 is 11.0 Å². The van der Waals surface area contributed by atoms with Crippen molar-refractivity contribution < 1.29 is 4.79 Å². The molecule has 0 aliphatic carbocycles. The Morgan fingerprint density at radius 2 is 1.66 bits per heavy atom. The van der Waals surface area contributed by atoms with Crippen molar-refractivity contribution in [1.82, 2.24) is 15.2 Å². The maximum atomic E-state index is 12.9. The lowest BCUT2D eigenvalue weighted by atomic mass is 9.98. The Labute approximate surface area is 170 Å². The van der Waals surface area contributed by atoms with Gasteiger partial charge in [-0.2, -0.15) is 10.2 Å². The fourth-order valence-corrected chi connectivity index (χ4v) is 3.32. The van der Waals surface area contributed by atoms with Crippen LogP contribution >= 0.6 is 0 Å². The lowest BCUT2D eigenvalue weighted by molar-refractivity contribution is 0.0949. The fourth-order valence-electron chi connectivity index (χ4n) is 3.32. The molecule has 1 amide bonds. The molecule has 0 unspecified atom stereocenters. The summed E-state index contributed by atoms with van der Waals surface area (Å²) >= 11 is 0. The molecule has 2 aromatic carbocycles. The van der Waals surface area contributed by atoms with Gasteiger partial charge in [-0.05, 0) is 70.4 Å². The third-order valence-corrected chi connectivity index (χ3v) is 5.09. The predicted octanol–water partition coefficient (Wildman–Crippen LogP) is 4.06. The van der Waals surface area contributed by atoms with Gasteiger partial charge in [0.15, 0.2) is 5.69 Å². The van der Waals surface area contributed by atoms with Gasteiger partial charge < -0.3 is 0 Å². The second kappa shape index (κ2) is 7.99. The Hall–Kier alpha value is -3.28. The molecule has 0 aliphatic heterocycles. The maximum Gasteiger partial charge on any atom is 0.292 e. The third-order valence-electron chi connectivity index (χ3n) is 5.09. The SMILES string of the molecule is C/C(=N/NC(=O)c1nn(C(C)C)c(=O)c2ccccc12)c1cc(C)c(C)cc1C. The van der Waals surface area contributed by atoms with Gasteiger partial charge >= 0.3 is 0 Å². The number of aromatic nitrogens is 2. The molecular formula is C23H26N4O2. The van der Waals surface area contributed by atoms with Gasteiger partial charge in [-0.15, -0.1) is 0 Å². The van der Waals surface area contributed by atoms with E-state index in [0.717, 1.165) is 11.1 Å². The van der Waals surface area contributed by atoms with Crippen LogP contribution in [-0.2, 0) is 0 Å². The molecule has 6 heteroatoms. The van der Waals surface area contributed by atoms with E-state index in [2.05, 4.69) is 41.6 Å². The van der Waals surface area contributed by atoms with Crippen LogP contribution in [0.5, 0.6) is 0 Å². The van der Waals surface area contributed by atoms with Crippen molar-refractivity contribution in [2.75, 3.05) is 0 Å². The second-order valence-corrected chi connectivity index (χ2v) is 7.63. The Bertz CT molecular complexity index is 1190. The number of hydrogen-bond donors (Lipinski definition) is 1. The Morgan fingerprint density at radius 3 is 2.31 bits per heavy atom.